The molecule has 4 rings (SSSR count). The number of anilines is 2. The molecule has 1 aromatic heterocycles. The molecule has 0 saturated carbocycles. The van der Waals surface area contributed by atoms with Crippen LogP contribution in [0.5, 0.6) is 11.5 Å². The zero-order chi connectivity index (χ0) is 25.5. The third kappa shape index (κ3) is 6.24. The van der Waals surface area contributed by atoms with Gasteiger partial charge in [-0.25, -0.2) is 0 Å². The largest absolute Gasteiger partial charge is 0.491 e. The SMILES string of the molecule is CCOc1cc(CN2CCC(Nc3nc4cccc(NC(=O)COC)c4o3)CC2)cc(OCC)c1F. The van der Waals surface area contributed by atoms with E-state index >= 15 is 0 Å². The van der Waals surface area contributed by atoms with Gasteiger partial charge in [0.2, 0.25) is 11.7 Å². The average molecular weight is 501 g/mol. The molecule has 0 aliphatic carbocycles. The lowest BCUT2D eigenvalue weighted by atomic mass is 10.0. The quantitative estimate of drug-likeness (QED) is 0.399. The normalized spacial score (nSPS) is 14.7. The molecule has 1 amide bonds. The number of carbonyl (C=O) groups is 1. The van der Waals surface area contributed by atoms with Crippen molar-refractivity contribution in [1.29, 1.82) is 0 Å². The third-order valence-electron chi connectivity index (χ3n) is 5.95. The summed E-state index contributed by atoms with van der Waals surface area (Å²) >= 11 is 0. The first-order valence-electron chi connectivity index (χ1n) is 12.3. The van der Waals surface area contributed by atoms with E-state index in [9.17, 15) is 9.18 Å². The number of methoxy groups -OCH3 is 1. The molecule has 2 aromatic carbocycles. The first kappa shape index (κ1) is 25.7. The van der Waals surface area contributed by atoms with Crippen molar-refractivity contribution in [3.05, 3.63) is 41.7 Å². The molecule has 1 aliphatic heterocycles. The Labute approximate surface area is 209 Å². The van der Waals surface area contributed by atoms with Crippen LogP contribution < -0.4 is 20.1 Å². The number of benzene rings is 2. The number of rotatable bonds is 11. The lowest BCUT2D eigenvalue weighted by molar-refractivity contribution is -0.119. The Morgan fingerprint density at radius 1 is 1.17 bits per heavy atom. The molecule has 1 saturated heterocycles. The van der Waals surface area contributed by atoms with Gasteiger partial charge in [0.1, 0.15) is 12.1 Å². The highest BCUT2D eigenvalue weighted by atomic mass is 19.1. The van der Waals surface area contributed by atoms with Gasteiger partial charge >= 0.3 is 0 Å². The van der Waals surface area contributed by atoms with Crippen LogP contribution >= 0.6 is 0 Å². The van der Waals surface area contributed by atoms with Crippen molar-refractivity contribution in [2.45, 2.75) is 39.3 Å². The van der Waals surface area contributed by atoms with Crippen molar-refractivity contribution in [2.75, 3.05) is 50.7 Å². The molecule has 0 unspecified atom stereocenters. The van der Waals surface area contributed by atoms with E-state index < -0.39 is 5.82 Å². The molecule has 2 N–H and O–H groups in total. The maximum Gasteiger partial charge on any atom is 0.295 e. The van der Waals surface area contributed by atoms with Crippen LogP contribution in [0.1, 0.15) is 32.3 Å². The number of carbonyl (C=O) groups excluding carboxylic acids is 1. The van der Waals surface area contributed by atoms with Crippen LogP contribution in [0.2, 0.25) is 0 Å². The average Bonchev–Trinajstić information content (AvgIpc) is 3.27. The number of ether oxygens (including phenoxy) is 3. The zero-order valence-corrected chi connectivity index (χ0v) is 20.9. The lowest BCUT2D eigenvalue weighted by Gasteiger charge is -2.32. The monoisotopic (exact) mass is 500 g/mol. The third-order valence-corrected chi connectivity index (χ3v) is 5.95. The molecular weight excluding hydrogens is 467 g/mol. The Kier molecular flexibility index (Phi) is 8.61. The predicted molar refractivity (Wildman–Crippen MR) is 135 cm³/mol. The van der Waals surface area contributed by atoms with Crippen LogP contribution in [0, 0.1) is 5.82 Å². The zero-order valence-electron chi connectivity index (χ0n) is 20.9. The van der Waals surface area contributed by atoms with Gasteiger partial charge < -0.3 is 29.3 Å². The van der Waals surface area contributed by atoms with Crippen LogP contribution in [0.4, 0.5) is 16.1 Å². The number of hydrogen-bond acceptors (Lipinski definition) is 8. The molecule has 0 radical (unpaired) electrons. The van der Waals surface area contributed by atoms with E-state index in [1.165, 1.54) is 7.11 Å². The maximum atomic E-state index is 14.5. The van der Waals surface area contributed by atoms with Crippen LogP contribution in [0.3, 0.4) is 0 Å². The standard InChI is InChI=1S/C26H33FN4O5/c1-4-34-21-13-17(14-22(24(21)27)35-5-2)15-31-11-9-18(10-12-31)28-26-30-20-8-6-7-19(25(20)36-26)29-23(32)16-33-3/h6-8,13-14,18H,4-5,9-12,15-16H2,1-3H3,(H,28,30)(H,29,32). The number of piperidine rings is 1. The van der Waals surface area contributed by atoms with E-state index in [2.05, 4.69) is 20.5 Å². The summed E-state index contributed by atoms with van der Waals surface area (Å²) in [6, 6.07) is 9.57. The smallest absolute Gasteiger partial charge is 0.295 e. The summed E-state index contributed by atoms with van der Waals surface area (Å²) in [5, 5.41) is 6.17. The Morgan fingerprint density at radius 3 is 2.50 bits per heavy atom. The summed E-state index contributed by atoms with van der Waals surface area (Å²) in [5.74, 6) is -0.260. The van der Waals surface area contributed by atoms with Crippen molar-refractivity contribution >= 4 is 28.7 Å². The predicted octanol–water partition coefficient (Wildman–Crippen LogP) is 4.43. The van der Waals surface area contributed by atoms with Gasteiger partial charge in [-0.3, -0.25) is 9.69 Å². The molecule has 0 spiro atoms. The van der Waals surface area contributed by atoms with Crippen LogP contribution in [0.15, 0.2) is 34.7 Å². The number of amides is 1. The second kappa shape index (κ2) is 12.0. The van der Waals surface area contributed by atoms with Gasteiger partial charge in [0, 0.05) is 32.8 Å². The number of aromatic nitrogens is 1. The number of para-hydroxylation sites is 1. The summed E-state index contributed by atoms with van der Waals surface area (Å²) in [4.78, 5) is 18.8. The van der Waals surface area contributed by atoms with E-state index in [1.807, 2.05) is 26.0 Å². The second-order valence-corrected chi connectivity index (χ2v) is 8.62. The number of oxazole rings is 1. The summed E-state index contributed by atoms with van der Waals surface area (Å²) in [5.41, 5.74) is 2.70. The summed E-state index contributed by atoms with van der Waals surface area (Å²) in [7, 11) is 1.47. The highest BCUT2D eigenvalue weighted by molar-refractivity contribution is 5.99. The van der Waals surface area contributed by atoms with Gasteiger partial charge in [-0.05, 0) is 56.5 Å². The van der Waals surface area contributed by atoms with Gasteiger partial charge in [0.25, 0.3) is 6.01 Å². The van der Waals surface area contributed by atoms with Crippen molar-refractivity contribution in [2.24, 2.45) is 0 Å². The van der Waals surface area contributed by atoms with E-state index in [4.69, 9.17) is 18.6 Å². The maximum absolute atomic E-state index is 14.5. The number of nitrogens with zero attached hydrogens (tertiary/aromatic N) is 2. The molecule has 194 valence electrons. The minimum atomic E-state index is -0.454. The van der Waals surface area contributed by atoms with E-state index in [0.717, 1.165) is 31.5 Å². The fraction of sp³-hybridized carbons (Fsp3) is 0.462. The Hall–Kier alpha value is -3.37. The number of nitrogens with one attached hydrogen (secondary N) is 2. The number of halogens is 1. The minimum absolute atomic E-state index is 0.0357. The lowest BCUT2D eigenvalue weighted by Crippen LogP contribution is -2.38. The second-order valence-electron chi connectivity index (χ2n) is 8.62. The Balaban J connectivity index is 1.36. The Bertz CT molecular complexity index is 1150. The van der Waals surface area contributed by atoms with Gasteiger partial charge in [-0.2, -0.15) is 9.37 Å². The van der Waals surface area contributed by atoms with Crippen molar-refractivity contribution in [1.82, 2.24) is 9.88 Å². The fourth-order valence-electron chi connectivity index (χ4n) is 4.33. The molecule has 2 heterocycles. The summed E-state index contributed by atoms with van der Waals surface area (Å²) < 4.78 is 36.3. The fourth-order valence-corrected chi connectivity index (χ4v) is 4.33. The van der Waals surface area contributed by atoms with Crippen LogP contribution in [-0.2, 0) is 16.1 Å². The number of hydrogen-bond donors (Lipinski definition) is 2. The number of likely N-dealkylation sites (tertiary alicyclic amines) is 1. The molecule has 1 fully saturated rings. The molecule has 10 heteroatoms. The van der Waals surface area contributed by atoms with Gasteiger partial charge in [0.05, 0.1) is 18.9 Å². The highest BCUT2D eigenvalue weighted by Crippen LogP contribution is 2.31. The molecule has 9 nitrogen and oxygen atoms in total. The molecule has 0 atom stereocenters. The molecule has 1 aliphatic rings. The highest BCUT2D eigenvalue weighted by Gasteiger charge is 2.22. The van der Waals surface area contributed by atoms with E-state index in [1.54, 1.807) is 18.2 Å². The topological polar surface area (TPSA) is 98.1 Å². The van der Waals surface area contributed by atoms with Crippen LogP contribution in [-0.4, -0.2) is 61.9 Å². The van der Waals surface area contributed by atoms with E-state index in [-0.39, 0.29) is 30.1 Å². The molecule has 0 bridgehead atoms. The minimum Gasteiger partial charge on any atom is -0.491 e. The first-order chi connectivity index (χ1) is 17.5. The first-order valence-corrected chi connectivity index (χ1v) is 12.3. The summed E-state index contributed by atoms with van der Waals surface area (Å²) in [6.45, 7) is 6.81. The molecule has 3 aromatic rings. The van der Waals surface area contributed by atoms with Crippen molar-refractivity contribution in [3.8, 4) is 11.5 Å². The molecular formula is C26H33FN4O5. The van der Waals surface area contributed by atoms with E-state index in [0.29, 0.717) is 42.6 Å². The molecule has 36 heavy (non-hydrogen) atoms. The van der Waals surface area contributed by atoms with Crippen molar-refractivity contribution < 1.29 is 27.8 Å². The number of fused-ring (bicyclic) bond motifs is 1. The summed E-state index contributed by atoms with van der Waals surface area (Å²) in [6.07, 6.45) is 1.79. The van der Waals surface area contributed by atoms with Crippen LogP contribution in [0.25, 0.3) is 11.1 Å². The van der Waals surface area contributed by atoms with Crippen molar-refractivity contribution in [3.63, 3.8) is 0 Å². The van der Waals surface area contributed by atoms with Gasteiger partial charge in [0.15, 0.2) is 17.1 Å². The van der Waals surface area contributed by atoms with Gasteiger partial charge in [-0.15, -0.1) is 0 Å². The van der Waals surface area contributed by atoms with Gasteiger partial charge in [-0.1, -0.05) is 6.07 Å². The Morgan fingerprint density at radius 2 is 1.86 bits per heavy atom.